The van der Waals surface area contributed by atoms with Crippen molar-refractivity contribution in [2.45, 2.75) is 45.1 Å². The van der Waals surface area contributed by atoms with Crippen LogP contribution in [0.3, 0.4) is 0 Å². The molecule has 27 heavy (non-hydrogen) atoms. The summed E-state index contributed by atoms with van der Waals surface area (Å²) in [6.07, 6.45) is 15.5. The third kappa shape index (κ3) is 7.16. The molecule has 0 bridgehead atoms. The third-order valence-electron chi connectivity index (χ3n) is 4.74. The molecule has 1 saturated carbocycles. The lowest BCUT2D eigenvalue weighted by Gasteiger charge is -2.26. The average molecular weight is 389 g/mol. The molecule has 0 aromatic rings. The summed E-state index contributed by atoms with van der Waals surface area (Å²) in [5, 5.41) is 3.25. The van der Waals surface area contributed by atoms with E-state index in [1.165, 1.54) is 0 Å². The van der Waals surface area contributed by atoms with Crippen LogP contribution >= 0.6 is 0 Å². The molecule has 5 nitrogen and oxygen atoms in total. The quantitative estimate of drug-likeness (QED) is 0.315. The van der Waals surface area contributed by atoms with Crippen LogP contribution in [0.25, 0.3) is 0 Å². The molecule has 0 aromatic carbocycles. The van der Waals surface area contributed by atoms with Gasteiger partial charge in [-0.05, 0) is 56.8 Å². The topological polar surface area (TPSA) is 61.5 Å². The van der Waals surface area contributed by atoms with Crippen LogP contribution in [0.4, 0.5) is 0 Å². The van der Waals surface area contributed by atoms with Crippen molar-refractivity contribution in [1.82, 2.24) is 5.32 Å². The molecule has 6 heteroatoms. The van der Waals surface area contributed by atoms with E-state index in [0.717, 1.165) is 37.9 Å². The minimum absolute atomic E-state index is 0.147. The normalized spacial score (nSPS) is 24.9. The first-order valence-corrected chi connectivity index (χ1v) is 11.3. The van der Waals surface area contributed by atoms with Gasteiger partial charge in [0.1, 0.15) is 0 Å². The van der Waals surface area contributed by atoms with E-state index in [9.17, 15) is 8.42 Å². The second-order valence-electron chi connectivity index (χ2n) is 6.95. The Hall–Kier alpha value is -2.17. The van der Waals surface area contributed by atoms with Crippen molar-refractivity contribution in [3.8, 4) is 0 Å². The molecule has 1 fully saturated rings. The number of nitrogens with zero attached hydrogens (tertiary/aromatic N) is 2. The highest BCUT2D eigenvalue weighted by Crippen LogP contribution is 2.27. The van der Waals surface area contributed by atoms with Gasteiger partial charge in [-0.15, -0.1) is 0 Å². The SMILES string of the molecule is C=C[N+](=C)C1=C=CCC=CC(=NC2CCC(CS(=O)(=O)CC=CC)CC2)N1. The number of nitrogens with one attached hydrogen (secondary N) is 1. The Morgan fingerprint density at radius 2 is 2.11 bits per heavy atom. The molecule has 2 aliphatic rings. The summed E-state index contributed by atoms with van der Waals surface area (Å²) in [7, 11) is -3.00. The van der Waals surface area contributed by atoms with E-state index in [1.807, 2.05) is 25.2 Å². The molecule has 1 aliphatic carbocycles. The predicted molar refractivity (Wildman–Crippen MR) is 113 cm³/mol. The van der Waals surface area contributed by atoms with Crippen LogP contribution in [0.1, 0.15) is 39.0 Å². The molecule has 1 aliphatic heterocycles. The van der Waals surface area contributed by atoms with Gasteiger partial charge in [-0.1, -0.05) is 24.8 Å². The van der Waals surface area contributed by atoms with Crippen LogP contribution in [0.15, 0.2) is 59.7 Å². The summed E-state index contributed by atoms with van der Waals surface area (Å²) in [6, 6.07) is 0.207. The summed E-state index contributed by atoms with van der Waals surface area (Å²) in [6.45, 7) is 9.46. The van der Waals surface area contributed by atoms with Gasteiger partial charge in [0.15, 0.2) is 9.84 Å². The highest BCUT2D eigenvalue weighted by Gasteiger charge is 2.25. The van der Waals surface area contributed by atoms with Gasteiger partial charge in [0.25, 0.3) is 0 Å². The number of sulfone groups is 1. The Balaban J connectivity index is 1.96. The van der Waals surface area contributed by atoms with Gasteiger partial charge >= 0.3 is 5.82 Å². The summed E-state index contributed by atoms with van der Waals surface area (Å²) in [5.74, 6) is 2.16. The van der Waals surface area contributed by atoms with Crippen LogP contribution in [-0.4, -0.2) is 43.1 Å². The van der Waals surface area contributed by atoms with Crippen LogP contribution in [0, 0.1) is 5.92 Å². The van der Waals surface area contributed by atoms with Gasteiger partial charge in [0.05, 0.1) is 30.5 Å². The van der Waals surface area contributed by atoms with Gasteiger partial charge in [-0.2, -0.15) is 0 Å². The Labute approximate surface area is 163 Å². The smallest absolute Gasteiger partial charge is 0.244 e. The van der Waals surface area contributed by atoms with Crippen molar-refractivity contribution in [3.05, 3.63) is 54.7 Å². The Kier molecular flexibility index (Phi) is 8.01. The van der Waals surface area contributed by atoms with Gasteiger partial charge in [0, 0.05) is 6.08 Å². The fraction of sp³-hybridized carbons (Fsp3) is 0.476. The maximum atomic E-state index is 12.1. The Morgan fingerprint density at radius 3 is 2.78 bits per heavy atom. The molecule has 2 rings (SSSR count). The maximum Gasteiger partial charge on any atom is 0.330 e. The van der Waals surface area contributed by atoms with Crippen molar-refractivity contribution >= 4 is 22.4 Å². The molecule has 146 valence electrons. The summed E-state index contributed by atoms with van der Waals surface area (Å²) < 4.78 is 25.9. The molecule has 1 heterocycles. The highest BCUT2D eigenvalue weighted by molar-refractivity contribution is 7.91. The van der Waals surface area contributed by atoms with Crippen LogP contribution < -0.4 is 5.32 Å². The van der Waals surface area contributed by atoms with Gasteiger partial charge in [0.2, 0.25) is 5.84 Å². The molecule has 0 spiro atoms. The van der Waals surface area contributed by atoms with Crippen LogP contribution in [0.5, 0.6) is 0 Å². The van der Waals surface area contributed by atoms with E-state index < -0.39 is 9.84 Å². The van der Waals surface area contributed by atoms with E-state index in [-0.39, 0.29) is 23.5 Å². The lowest BCUT2D eigenvalue weighted by molar-refractivity contribution is -0.395. The summed E-state index contributed by atoms with van der Waals surface area (Å²) in [4.78, 5) is 4.84. The Morgan fingerprint density at radius 1 is 1.37 bits per heavy atom. The third-order valence-corrected chi connectivity index (χ3v) is 6.42. The first kappa shape index (κ1) is 21.1. The molecule has 0 unspecified atom stereocenters. The van der Waals surface area contributed by atoms with Gasteiger partial charge in [-0.3, -0.25) is 0 Å². The van der Waals surface area contributed by atoms with E-state index in [1.54, 1.807) is 22.9 Å². The number of hydrogen-bond acceptors (Lipinski definition) is 3. The van der Waals surface area contributed by atoms with Gasteiger partial charge in [-0.25, -0.2) is 23.3 Å². The first-order chi connectivity index (χ1) is 12.9. The van der Waals surface area contributed by atoms with E-state index in [2.05, 4.69) is 24.3 Å². The summed E-state index contributed by atoms with van der Waals surface area (Å²) >= 11 is 0. The van der Waals surface area contributed by atoms with Crippen molar-refractivity contribution in [2.24, 2.45) is 10.9 Å². The molecule has 0 radical (unpaired) electrons. The van der Waals surface area contributed by atoms with E-state index in [0.29, 0.717) is 5.82 Å². The Bertz CT molecular complexity index is 804. The molecule has 0 atom stereocenters. The number of hydrogen-bond donors (Lipinski definition) is 1. The van der Waals surface area contributed by atoms with Crippen LogP contribution in [0.2, 0.25) is 0 Å². The molecule has 1 N–H and O–H groups in total. The van der Waals surface area contributed by atoms with E-state index in [4.69, 9.17) is 4.99 Å². The minimum atomic E-state index is -3.00. The predicted octanol–water partition coefficient (Wildman–Crippen LogP) is 3.34. The lowest BCUT2D eigenvalue weighted by Crippen LogP contribution is -2.29. The zero-order valence-corrected chi connectivity index (χ0v) is 16.9. The molecular formula is C21H30N3O2S+. The first-order valence-electron chi connectivity index (χ1n) is 9.44. The molecule has 0 amide bonds. The van der Waals surface area contributed by atoms with Crippen LogP contribution in [-0.2, 0) is 9.84 Å². The average Bonchev–Trinajstić information content (AvgIpc) is 2.63. The highest BCUT2D eigenvalue weighted by atomic mass is 32.2. The monoisotopic (exact) mass is 388 g/mol. The molecule has 0 saturated heterocycles. The molecule has 0 aromatic heterocycles. The van der Waals surface area contributed by atoms with Crippen molar-refractivity contribution in [3.63, 3.8) is 0 Å². The minimum Gasteiger partial charge on any atom is -0.244 e. The second kappa shape index (κ2) is 10.2. The standard InChI is InChI=1S/C21H30N3O2S/c1-4-6-16-27(25,26)17-18-12-14-19(15-13-18)22-20-10-8-7-9-11-21(23-20)24(3)5-2/h4-6,8-10,18-19H,2-3,7,12-17H2,1H3,(H,22,23)/q+1. The zero-order chi connectivity index (χ0) is 19.7. The number of aliphatic imine (C=N–C) groups is 1. The van der Waals surface area contributed by atoms with Crippen molar-refractivity contribution in [1.29, 1.82) is 0 Å². The second-order valence-corrected chi connectivity index (χ2v) is 9.10. The van der Waals surface area contributed by atoms with E-state index >= 15 is 0 Å². The summed E-state index contributed by atoms with van der Waals surface area (Å²) in [5.41, 5.74) is 3.16. The maximum absolute atomic E-state index is 12.1. The fourth-order valence-corrected chi connectivity index (χ4v) is 4.90. The number of allylic oxidation sites excluding steroid dienone is 3. The number of rotatable bonds is 7. The lowest BCUT2D eigenvalue weighted by atomic mass is 9.87. The fourth-order valence-electron chi connectivity index (χ4n) is 3.23. The van der Waals surface area contributed by atoms with Crippen molar-refractivity contribution < 1.29 is 13.0 Å². The van der Waals surface area contributed by atoms with Gasteiger partial charge < -0.3 is 0 Å². The number of amidine groups is 1. The zero-order valence-electron chi connectivity index (χ0n) is 16.1. The van der Waals surface area contributed by atoms with Crippen molar-refractivity contribution in [2.75, 3.05) is 11.5 Å². The largest absolute Gasteiger partial charge is 0.330 e. The molecular weight excluding hydrogens is 358 g/mol.